The normalized spacial score (nSPS) is 14.3. The SMILES string of the molecule is CCOC(=O)Cc1ccc2c(n1)CCCC2=O. The number of nitrogens with zero attached hydrogens (tertiary/aromatic N) is 1. The highest BCUT2D eigenvalue weighted by atomic mass is 16.5. The van der Waals surface area contributed by atoms with Gasteiger partial charge in [0, 0.05) is 12.0 Å². The lowest BCUT2D eigenvalue weighted by molar-refractivity contribution is -0.142. The molecule has 0 amide bonds. The highest BCUT2D eigenvalue weighted by molar-refractivity contribution is 5.98. The van der Waals surface area contributed by atoms with Gasteiger partial charge in [-0.2, -0.15) is 0 Å². The van der Waals surface area contributed by atoms with Gasteiger partial charge in [0.1, 0.15) is 0 Å². The number of esters is 1. The number of carbonyl (C=O) groups is 2. The third-order valence-corrected chi connectivity index (χ3v) is 2.78. The van der Waals surface area contributed by atoms with E-state index < -0.39 is 0 Å². The second-order valence-corrected chi connectivity index (χ2v) is 4.06. The highest BCUT2D eigenvalue weighted by Gasteiger charge is 2.19. The predicted molar refractivity (Wildman–Crippen MR) is 61.8 cm³/mol. The Morgan fingerprint density at radius 1 is 1.41 bits per heavy atom. The van der Waals surface area contributed by atoms with Gasteiger partial charge in [0.05, 0.1) is 24.4 Å². The summed E-state index contributed by atoms with van der Waals surface area (Å²) in [6.45, 7) is 2.15. The lowest BCUT2D eigenvalue weighted by Crippen LogP contribution is -2.15. The Balaban J connectivity index is 2.16. The summed E-state index contributed by atoms with van der Waals surface area (Å²) in [4.78, 5) is 27.3. The van der Waals surface area contributed by atoms with Crippen molar-refractivity contribution >= 4 is 11.8 Å². The van der Waals surface area contributed by atoms with Crippen LogP contribution in [-0.2, 0) is 22.4 Å². The van der Waals surface area contributed by atoms with Gasteiger partial charge in [-0.25, -0.2) is 0 Å². The van der Waals surface area contributed by atoms with Gasteiger partial charge in [0.25, 0.3) is 0 Å². The number of hydrogen-bond acceptors (Lipinski definition) is 4. The maximum atomic E-state index is 11.6. The molecule has 0 fully saturated rings. The molecule has 0 unspecified atom stereocenters. The second-order valence-electron chi connectivity index (χ2n) is 4.06. The third-order valence-electron chi connectivity index (χ3n) is 2.78. The monoisotopic (exact) mass is 233 g/mol. The topological polar surface area (TPSA) is 56.3 Å². The Morgan fingerprint density at radius 2 is 2.24 bits per heavy atom. The summed E-state index contributed by atoms with van der Waals surface area (Å²) in [6.07, 6.45) is 2.45. The van der Waals surface area contributed by atoms with Crippen molar-refractivity contribution in [2.24, 2.45) is 0 Å². The Hall–Kier alpha value is -1.71. The lowest BCUT2D eigenvalue weighted by atomic mass is 9.94. The minimum absolute atomic E-state index is 0.154. The molecule has 1 aromatic rings. The Morgan fingerprint density at radius 3 is 3.00 bits per heavy atom. The van der Waals surface area contributed by atoms with Crippen molar-refractivity contribution < 1.29 is 14.3 Å². The summed E-state index contributed by atoms with van der Waals surface area (Å²) < 4.78 is 4.87. The molecular formula is C13H15NO3. The van der Waals surface area contributed by atoms with E-state index in [0.29, 0.717) is 24.3 Å². The van der Waals surface area contributed by atoms with Crippen molar-refractivity contribution in [3.8, 4) is 0 Å². The van der Waals surface area contributed by atoms with Crippen molar-refractivity contribution in [2.45, 2.75) is 32.6 Å². The van der Waals surface area contributed by atoms with E-state index >= 15 is 0 Å². The van der Waals surface area contributed by atoms with Crippen molar-refractivity contribution in [3.63, 3.8) is 0 Å². The largest absolute Gasteiger partial charge is 0.466 e. The maximum absolute atomic E-state index is 11.6. The number of aromatic nitrogens is 1. The molecule has 1 aliphatic rings. The van der Waals surface area contributed by atoms with Gasteiger partial charge in [-0.05, 0) is 31.9 Å². The molecule has 90 valence electrons. The first-order valence-corrected chi connectivity index (χ1v) is 5.88. The summed E-state index contributed by atoms with van der Waals surface area (Å²) in [6, 6.07) is 3.51. The van der Waals surface area contributed by atoms with Gasteiger partial charge in [-0.1, -0.05) is 0 Å². The van der Waals surface area contributed by atoms with Crippen LogP contribution in [0.25, 0.3) is 0 Å². The quantitative estimate of drug-likeness (QED) is 0.746. The fourth-order valence-corrected chi connectivity index (χ4v) is 2.00. The zero-order chi connectivity index (χ0) is 12.3. The molecule has 0 aliphatic heterocycles. The zero-order valence-corrected chi connectivity index (χ0v) is 9.86. The van der Waals surface area contributed by atoms with Crippen molar-refractivity contribution in [2.75, 3.05) is 6.61 Å². The number of fused-ring (bicyclic) bond motifs is 1. The summed E-state index contributed by atoms with van der Waals surface area (Å²) in [5.74, 6) is -0.122. The molecule has 1 aliphatic carbocycles. The first-order valence-electron chi connectivity index (χ1n) is 5.88. The van der Waals surface area contributed by atoms with Gasteiger partial charge >= 0.3 is 5.97 Å². The molecule has 0 saturated heterocycles. The molecule has 2 rings (SSSR count). The number of ketones is 1. The van der Waals surface area contributed by atoms with Crippen LogP contribution in [0.4, 0.5) is 0 Å². The number of aryl methyl sites for hydroxylation is 1. The second kappa shape index (κ2) is 5.08. The Labute approximate surface area is 100 Å². The minimum atomic E-state index is -0.276. The lowest BCUT2D eigenvalue weighted by Gasteiger charge is -2.14. The number of ether oxygens (including phenoxy) is 1. The first kappa shape index (κ1) is 11.8. The fourth-order valence-electron chi connectivity index (χ4n) is 2.00. The van der Waals surface area contributed by atoms with Crippen LogP contribution in [0.15, 0.2) is 12.1 Å². The van der Waals surface area contributed by atoms with Gasteiger partial charge in [-0.15, -0.1) is 0 Å². The van der Waals surface area contributed by atoms with Crippen LogP contribution in [0.5, 0.6) is 0 Å². The van der Waals surface area contributed by atoms with Crippen LogP contribution in [0, 0.1) is 0 Å². The molecule has 1 aromatic heterocycles. The molecule has 0 atom stereocenters. The number of rotatable bonds is 3. The molecule has 4 heteroatoms. The summed E-state index contributed by atoms with van der Waals surface area (Å²) in [7, 11) is 0. The number of Topliss-reactive ketones (excluding diaryl/α,β-unsaturated/α-hetero) is 1. The predicted octanol–water partition coefficient (Wildman–Crippen LogP) is 1.71. The van der Waals surface area contributed by atoms with Crippen molar-refractivity contribution in [3.05, 3.63) is 29.1 Å². The Bertz CT molecular complexity index is 454. The third kappa shape index (κ3) is 2.70. The minimum Gasteiger partial charge on any atom is -0.466 e. The fraction of sp³-hybridized carbons (Fsp3) is 0.462. The average molecular weight is 233 g/mol. The van der Waals surface area contributed by atoms with Crippen molar-refractivity contribution in [1.29, 1.82) is 0 Å². The summed E-state index contributed by atoms with van der Waals surface area (Å²) in [5.41, 5.74) is 2.21. The van der Waals surface area contributed by atoms with E-state index in [0.717, 1.165) is 18.5 Å². The van der Waals surface area contributed by atoms with E-state index in [-0.39, 0.29) is 18.2 Å². The molecule has 0 bridgehead atoms. The molecule has 1 heterocycles. The van der Waals surface area contributed by atoms with Gasteiger partial charge < -0.3 is 4.74 Å². The van der Waals surface area contributed by atoms with E-state index in [4.69, 9.17) is 4.74 Å². The smallest absolute Gasteiger partial charge is 0.311 e. The standard InChI is InChI=1S/C13H15NO3/c1-2-17-13(16)8-9-6-7-10-11(14-9)4-3-5-12(10)15/h6-7H,2-5,8H2,1H3. The highest BCUT2D eigenvalue weighted by Crippen LogP contribution is 2.19. The summed E-state index contributed by atoms with van der Waals surface area (Å²) in [5, 5.41) is 0. The maximum Gasteiger partial charge on any atom is 0.311 e. The number of hydrogen-bond donors (Lipinski definition) is 0. The van der Waals surface area contributed by atoms with Crippen molar-refractivity contribution in [1.82, 2.24) is 4.98 Å². The van der Waals surface area contributed by atoms with Crippen LogP contribution in [0.1, 0.15) is 41.5 Å². The van der Waals surface area contributed by atoms with Gasteiger partial charge in [-0.3, -0.25) is 14.6 Å². The van der Waals surface area contributed by atoms with Gasteiger partial charge in [0.2, 0.25) is 0 Å². The van der Waals surface area contributed by atoms with E-state index in [1.165, 1.54) is 0 Å². The first-order chi connectivity index (χ1) is 8.20. The van der Waals surface area contributed by atoms with E-state index in [9.17, 15) is 9.59 Å². The van der Waals surface area contributed by atoms with Crippen LogP contribution >= 0.6 is 0 Å². The molecule has 0 aromatic carbocycles. The van der Waals surface area contributed by atoms with Gasteiger partial charge in [0.15, 0.2) is 5.78 Å². The molecular weight excluding hydrogens is 218 g/mol. The van der Waals surface area contributed by atoms with Crippen LogP contribution in [-0.4, -0.2) is 23.3 Å². The Kier molecular flexibility index (Phi) is 3.52. The summed E-state index contributed by atoms with van der Waals surface area (Å²) >= 11 is 0. The van der Waals surface area contributed by atoms with Crippen LogP contribution < -0.4 is 0 Å². The molecule has 0 radical (unpaired) electrons. The van der Waals surface area contributed by atoms with E-state index in [1.54, 1.807) is 19.1 Å². The van der Waals surface area contributed by atoms with E-state index in [2.05, 4.69) is 4.98 Å². The molecule has 17 heavy (non-hydrogen) atoms. The average Bonchev–Trinajstić information content (AvgIpc) is 2.29. The van der Waals surface area contributed by atoms with E-state index in [1.807, 2.05) is 0 Å². The van der Waals surface area contributed by atoms with Crippen LogP contribution in [0.2, 0.25) is 0 Å². The number of carbonyl (C=O) groups excluding carboxylic acids is 2. The van der Waals surface area contributed by atoms with Crippen LogP contribution in [0.3, 0.4) is 0 Å². The molecule has 4 nitrogen and oxygen atoms in total. The zero-order valence-electron chi connectivity index (χ0n) is 9.86. The molecule has 0 spiro atoms. The number of pyridine rings is 1. The molecule has 0 saturated carbocycles. The molecule has 0 N–H and O–H groups in total.